The van der Waals surface area contributed by atoms with Crippen LogP contribution in [0.4, 0.5) is 5.82 Å². The fourth-order valence-corrected chi connectivity index (χ4v) is 2.95. The minimum atomic E-state index is -0.159. The zero-order valence-electron chi connectivity index (χ0n) is 15.4. The van der Waals surface area contributed by atoms with Gasteiger partial charge in [0.1, 0.15) is 5.82 Å². The van der Waals surface area contributed by atoms with E-state index in [0.717, 1.165) is 17.3 Å². The third-order valence-corrected chi connectivity index (χ3v) is 4.61. The summed E-state index contributed by atoms with van der Waals surface area (Å²) in [6.07, 6.45) is 0. The van der Waals surface area contributed by atoms with Crippen molar-refractivity contribution in [2.75, 3.05) is 31.6 Å². The number of aryl methyl sites for hydroxylation is 1. The number of fused-ring (bicyclic) bond motifs is 1. The summed E-state index contributed by atoms with van der Waals surface area (Å²) < 4.78 is 6.97. The number of anilines is 1. The highest BCUT2D eigenvalue weighted by molar-refractivity contribution is 5.92. The van der Waals surface area contributed by atoms with Crippen LogP contribution in [-0.4, -0.2) is 73.6 Å². The number of nitrogens with zero attached hydrogens (tertiary/aromatic N) is 8. The molecule has 1 aliphatic rings. The molecule has 0 bridgehead atoms. The fraction of sp³-hybridized carbons (Fsp3) is 0.412. The quantitative estimate of drug-likeness (QED) is 0.645. The van der Waals surface area contributed by atoms with Crippen molar-refractivity contribution in [3.63, 3.8) is 0 Å². The van der Waals surface area contributed by atoms with Gasteiger partial charge in [0.2, 0.25) is 5.88 Å². The molecule has 0 N–H and O–H groups in total. The highest BCUT2D eigenvalue weighted by Gasteiger charge is 2.34. The molecule has 27 heavy (non-hydrogen) atoms. The van der Waals surface area contributed by atoms with Gasteiger partial charge in [0, 0.05) is 26.2 Å². The maximum atomic E-state index is 12.6. The first kappa shape index (κ1) is 17.1. The number of ether oxygens (including phenoxy) is 1. The number of amides is 1. The van der Waals surface area contributed by atoms with Crippen molar-refractivity contribution in [2.45, 2.75) is 19.9 Å². The Balaban J connectivity index is 1.40. The van der Waals surface area contributed by atoms with Crippen LogP contribution in [0, 0.1) is 6.92 Å². The highest BCUT2D eigenvalue weighted by Crippen LogP contribution is 2.22. The molecule has 3 aromatic heterocycles. The summed E-state index contributed by atoms with van der Waals surface area (Å²) in [6.45, 7) is 5.64. The van der Waals surface area contributed by atoms with Gasteiger partial charge in [0.25, 0.3) is 5.91 Å². The molecule has 10 nitrogen and oxygen atoms in total. The summed E-state index contributed by atoms with van der Waals surface area (Å²) in [5.41, 5.74) is 1.02. The van der Waals surface area contributed by atoms with E-state index in [4.69, 9.17) is 4.74 Å². The minimum absolute atomic E-state index is 0.0883. The molecule has 4 heterocycles. The molecule has 10 heteroatoms. The topological polar surface area (TPSA) is 102 Å². The van der Waals surface area contributed by atoms with Crippen molar-refractivity contribution in [3.05, 3.63) is 35.8 Å². The van der Waals surface area contributed by atoms with Crippen LogP contribution in [0.3, 0.4) is 0 Å². The van der Waals surface area contributed by atoms with E-state index in [1.165, 1.54) is 0 Å². The molecule has 140 valence electrons. The van der Waals surface area contributed by atoms with Gasteiger partial charge in [-0.3, -0.25) is 4.79 Å². The van der Waals surface area contributed by atoms with Crippen LogP contribution in [0.1, 0.15) is 23.2 Å². The Morgan fingerprint density at radius 3 is 2.70 bits per heavy atom. The van der Waals surface area contributed by atoms with Gasteiger partial charge in [-0.05, 0) is 32.0 Å². The number of hydrogen-bond acceptors (Lipinski definition) is 8. The van der Waals surface area contributed by atoms with E-state index in [1.807, 2.05) is 26.0 Å². The highest BCUT2D eigenvalue weighted by atomic mass is 16.5. The number of carbonyl (C=O) groups is 1. The lowest BCUT2D eigenvalue weighted by Gasteiger charge is -2.44. The Morgan fingerprint density at radius 1 is 1.19 bits per heavy atom. The van der Waals surface area contributed by atoms with Gasteiger partial charge >= 0.3 is 0 Å². The summed E-state index contributed by atoms with van der Waals surface area (Å²) in [5.74, 6) is 1.83. The molecule has 3 aromatic rings. The van der Waals surface area contributed by atoms with E-state index >= 15 is 0 Å². The van der Waals surface area contributed by atoms with Crippen molar-refractivity contribution in [2.24, 2.45) is 0 Å². The summed E-state index contributed by atoms with van der Waals surface area (Å²) in [7, 11) is 1.78. The molecular formula is C17H20N8O2. The average molecular weight is 368 g/mol. The lowest BCUT2D eigenvalue weighted by atomic mass is 10.1. The van der Waals surface area contributed by atoms with E-state index in [0.29, 0.717) is 31.3 Å². The predicted molar refractivity (Wildman–Crippen MR) is 96.8 cm³/mol. The van der Waals surface area contributed by atoms with Crippen LogP contribution in [0.15, 0.2) is 24.3 Å². The first-order valence-corrected chi connectivity index (χ1v) is 8.74. The molecule has 1 amide bonds. The molecule has 0 saturated carbocycles. The molecule has 1 aliphatic heterocycles. The van der Waals surface area contributed by atoms with Crippen LogP contribution in [0.5, 0.6) is 5.88 Å². The zero-order chi connectivity index (χ0) is 19.0. The fourth-order valence-electron chi connectivity index (χ4n) is 2.95. The molecule has 0 spiro atoms. The molecule has 1 fully saturated rings. The van der Waals surface area contributed by atoms with Crippen LogP contribution in [0.2, 0.25) is 0 Å². The van der Waals surface area contributed by atoms with Gasteiger partial charge in [-0.15, -0.1) is 25.5 Å². The van der Waals surface area contributed by atoms with E-state index in [9.17, 15) is 4.79 Å². The van der Waals surface area contributed by atoms with Gasteiger partial charge in [-0.2, -0.15) is 4.52 Å². The van der Waals surface area contributed by atoms with Crippen LogP contribution in [-0.2, 0) is 0 Å². The van der Waals surface area contributed by atoms with Crippen LogP contribution >= 0.6 is 0 Å². The third kappa shape index (κ3) is 3.14. The number of hydrogen-bond donors (Lipinski definition) is 0. The minimum Gasteiger partial charge on any atom is -0.477 e. The van der Waals surface area contributed by atoms with Crippen molar-refractivity contribution >= 4 is 17.4 Å². The first-order chi connectivity index (χ1) is 13.1. The van der Waals surface area contributed by atoms with E-state index in [1.54, 1.807) is 28.6 Å². The molecule has 0 unspecified atom stereocenters. The molecule has 0 aliphatic carbocycles. The second-order valence-corrected chi connectivity index (χ2v) is 6.37. The largest absolute Gasteiger partial charge is 0.477 e. The Hall–Kier alpha value is -3.30. The van der Waals surface area contributed by atoms with Crippen molar-refractivity contribution < 1.29 is 9.53 Å². The van der Waals surface area contributed by atoms with Gasteiger partial charge in [-0.25, -0.2) is 0 Å². The summed E-state index contributed by atoms with van der Waals surface area (Å²) in [5, 5.41) is 20.5. The molecule has 0 aromatic carbocycles. The first-order valence-electron chi connectivity index (χ1n) is 8.74. The van der Waals surface area contributed by atoms with Crippen LogP contribution < -0.4 is 9.64 Å². The maximum absolute atomic E-state index is 12.6. The van der Waals surface area contributed by atoms with Gasteiger partial charge in [-0.1, -0.05) is 0 Å². The van der Waals surface area contributed by atoms with Gasteiger partial charge in [0.15, 0.2) is 17.2 Å². The number of rotatable bonds is 5. The lowest BCUT2D eigenvalue weighted by molar-refractivity contribution is 0.0697. The van der Waals surface area contributed by atoms with E-state index in [2.05, 4.69) is 30.4 Å². The SMILES string of the molecule is CCOc1ccc(C(=O)N(C)C2CN(c3ccc4nnc(C)n4n3)C2)nn1. The van der Waals surface area contributed by atoms with Crippen molar-refractivity contribution in [3.8, 4) is 5.88 Å². The second kappa shape index (κ2) is 6.78. The van der Waals surface area contributed by atoms with E-state index < -0.39 is 0 Å². The molecule has 4 rings (SSSR count). The van der Waals surface area contributed by atoms with Crippen molar-refractivity contribution in [1.29, 1.82) is 0 Å². The molecule has 0 atom stereocenters. The Morgan fingerprint density at radius 2 is 2.00 bits per heavy atom. The third-order valence-electron chi connectivity index (χ3n) is 4.61. The average Bonchev–Trinajstić information content (AvgIpc) is 3.01. The molecule has 0 radical (unpaired) electrons. The monoisotopic (exact) mass is 368 g/mol. The smallest absolute Gasteiger partial charge is 0.274 e. The summed E-state index contributed by atoms with van der Waals surface area (Å²) in [4.78, 5) is 16.4. The number of carbonyl (C=O) groups excluding carboxylic acids is 1. The number of likely N-dealkylation sites (N-methyl/N-ethyl adjacent to an activating group) is 1. The zero-order valence-corrected chi connectivity index (χ0v) is 15.4. The Labute approximate surface area is 155 Å². The molecule has 1 saturated heterocycles. The predicted octanol–water partition coefficient (Wildman–Crippen LogP) is 0.582. The van der Waals surface area contributed by atoms with E-state index in [-0.39, 0.29) is 11.9 Å². The maximum Gasteiger partial charge on any atom is 0.274 e. The van der Waals surface area contributed by atoms with Gasteiger partial charge in [0.05, 0.1) is 12.6 Å². The normalized spacial score (nSPS) is 14.3. The second-order valence-electron chi connectivity index (χ2n) is 6.37. The van der Waals surface area contributed by atoms with Gasteiger partial charge < -0.3 is 14.5 Å². The van der Waals surface area contributed by atoms with Crippen molar-refractivity contribution in [1.82, 2.24) is 34.9 Å². The molecular weight excluding hydrogens is 348 g/mol. The Kier molecular flexibility index (Phi) is 4.30. The Bertz CT molecular complexity index is 965. The summed E-state index contributed by atoms with van der Waals surface area (Å²) in [6, 6.07) is 7.19. The summed E-state index contributed by atoms with van der Waals surface area (Å²) >= 11 is 0. The van der Waals surface area contributed by atoms with Crippen LogP contribution in [0.25, 0.3) is 5.65 Å². The number of aromatic nitrogens is 6. The standard InChI is InChI=1S/C17H20N8O2/c1-4-27-16-8-5-13(19-21-16)17(26)23(3)12-9-24(10-12)15-7-6-14-20-18-11(2)25(14)22-15/h5-8,12H,4,9-10H2,1-3H3. The lowest BCUT2D eigenvalue weighted by Crippen LogP contribution is -2.60.